The Balaban J connectivity index is 1.43. The number of benzene rings is 3. The third-order valence-electron chi connectivity index (χ3n) is 6.14. The van der Waals surface area contributed by atoms with E-state index in [4.69, 9.17) is 14.2 Å². The Morgan fingerprint density at radius 2 is 1.71 bits per heavy atom. The van der Waals surface area contributed by atoms with Gasteiger partial charge in [-0.2, -0.15) is 0 Å². The van der Waals surface area contributed by atoms with Crippen LogP contribution in [0, 0.1) is 0 Å². The molecule has 1 unspecified atom stereocenters. The van der Waals surface area contributed by atoms with E-state index in [0.717, 1.165) is 16.0 Å². The number of hydrogen-bond acceptors (Lipinski definition) is 6. The molecule has 8 nitrogen and oxygen atoms in total. The van der Waals surface area contributed by atoms with Crippen LogP contribution < -0.4 is 19.1 Å². The molecule has 3 amide bonds. The van der Waals surface area contributed by atoms with Gasteiger partial charge in [-0.05, 0) is 47.5 Å². The van der Waals surface area contributed by atoms with E-state index >= 15 is 0 Å². The number of rotatable bonds is 7. The number of imide groups is 1. The number of methoxy groups -OCH3 is 1. The SMILES string of the molecule is COc1ccc(N2C(=O)CC(N(Cc3ccc4c(c3)OCO4)C(=O)Cc3ccccc3)C2=O)cc1. The highest BCUT2D eigenvalue weighted by molar-refractivity contribution is 6.23. The van der Waals surface area contributed by atoms with Crippen LogP contribution in [0.4, 0.5) is 5.69 Å². The average molecular weight is 472 g/mol. The monoisotopic (exact) mass is 472 g/mol. The van der Waals surface area contributed by atoms with E-state index in [1.807, 2.05) is 36.4 Å². The molecule has 1 atom stereocenters. The minimum atomic E-state index is -0.911. The molecule has 8 heteroatoms. The molecule has 0 saturated carbocycles. The second-order valence-electron chi connectivity index (χ2n) is 8.36. The summed E-state index contributed by atoms with van der Waals surface area (Å²) in [6.45, 7) is 0.296. The van der Waals surface area contributed by atoms with Gasteiger partial charge in [0.1, 0.15) is 11.8 Å². The lowest BCUT2D eigenvalue weighted by atomic mass is 10.1. The summed E-state index contributed by atoms with van der Waals surface area (Å²) in [5, 5.41) is 0. The molecular formula is C27H24N2O6. The van der Waals surface area contributed by atoms with Gasteiger partial charge in [-0.1, -0.05) is 36.4 Å². The van der Waals surface area contributed by atoms with Crippen molar-refractivity contribution < 1.29 is 28.6 Å². The predicted molar refractivity (Wildman–Crippen MR) is 127 cm³/mol. The molecule has 35 heavy (non-hydrogen) atoms. The van der Waals surface area contributed by atoms with Gasteiger partial charge in [0, 0.05) is 6.54 Å². The standard InChI is InChI=1S/C27H24N2O6/c1-33-21-10-8-20(9-11-21)29-26(31)15-22(27(29)32)28(25(30)14-18-5-3-2-4-6-18)16-19-7-12-23-24(13-19)35-17-34-23/h2-13,22H,14-17H2,1H3. The summed E-state index contributed by atoms with van der Waals surface area (Å²) in [4.78, 5) is 42.6. The molecular weight excluding hydrogens is 448 g/mol. The third-order valence-corrected chi connectivity index (χ3v) is 6.14. The summed E-state index contributed by atoms with van der Waals surface area (Å²) in [7, 11) is 1.55. The molecule has 178 valence electrons. The molecule has 0 radical (unpaired) electrons. The van der Waals surface area contributed by atoms with Gasteiger partial charge in [-0.25, -0.2) is 4.90 Å². The number of carbonyl (C=O) groups is 3. The molecule has 3 aromatic rings. The molecule has 0 aromatic heterocycles. The number of hydrogen-bond donors (Lipinski definition) is 0. The third kappa shape index (κ3) is 4.55. The summed E-state index contributed by atoms with van der Waals surface area (Å²) in [5.41, 5.74) is 2.05. The van der Waals surface area contributed by atoms with Crippen LogP contribution in [0.1, 0.15) is 17.5 Å². The Morgan fingerprint density at radius 1 is 0.971 bits per heavy atom. The highest BCUT2D eigenvalue weighted by atomic mass is 16.7. The van der Waals surface area contributed by atoms with Crippen LogP contribution in [0.5, 0.6) is 17.2 Å². The topological polar surface area (TPSA) is 85.4 Å². The summed E-state index contributed by atoms with van der Waals surface area (Å²) < 4.78 is 16.0. The van der Waals surface area contributed by atoms with E-state index < -0.39 is 11.9 Å². The molecule has 2 aliphatic heterocycles. The van der Waals surface area contributed by atoms with Crippen LogP contribution in [0.3, 0.4) is 0 Å². The Labute approximate surface area is 202 Å². The summed E-state index contributed by atoms with van der Waals surface area (Å²) >= 11 is 0. The minimum Gasteiger partial charge on any atom is -0.497 e. The maximum absolute atomic E-state index is 13.5. The minimum absolute atomic E-state index is 0.0874. The van der Waals surface area contributed by atoms with Crippen molar-refractivity contribution in [2.75, 3.05) is 18.8 Å². The van der Waals surface area contributed by atoms with Crippen molar-refractivity contribution in [1.82, 2.24) is 4.90 Å². The van der Waals surface area contributed by atoms with Crippen LogP contribution in [-0.4, -0.2) is 42.6 Å². The lowest BCUT2D eigenvalue weighted by Gasteiger charge is -2.28. The van der Waals surface area contributed by atoms with E-state index in [1.165, 1.54) is 4.90 Å². The van der Waals surface area contributed by atoms with E-state index in [1.54, 1.807) is 43.5 Å². The van der Waals surface area contributed by atoms with E-state index in [9.17, 15) is 14.4 Å². The second kappa shape index (κ2) is 9.50. The summed E-state index contributed by atoms with van der Waals surface area (Å²) in [6.07, 6.45) is 0.0296. The maximum Gasteiger partial charge on any atom is 0.257 e. The zero-order chi connectivity index (χ0) is 24.4. The molecule has 3 aromatic carbocycles. The summed E-state index contributed by atoms with van der Waals surface area (Å²) in [6, 6.07) is 20.5. The molecule has 1 saturated heterocycles. The van der Waals surface area contributed by atoms with E-state index in [2.05, 4.69) is 0 Å². The molecule has 1 fully saturated rings. The van der Waals surface area contributed by atoms with Crippen LogP contribution >= 0.6 is 0 Å². The van der Waals surface area contributed by atoms with Crippen LogP contribution in [0.15, 0.2) is 72.8 Å². The molecule has 0 bridgehead atoms. The molecule has 2 heterocycles. The van der Waals surface area contributed by atoms with Gasteiger partial charge in [0.25, 0.3) is 5.91 Å². The smallest absolute Gasteiger partial charge is 0.257 e. The van der Waals surface area contributed by atoms with Gasteiger partial charge in [0.15, 0.2) is 11.5 Å². The van der Waals surface area contributed by atoms with Gasteiger partial charge in [0.2, 0.25) is 18.6 Å². The van der Waals surface area contributed by atoms with Crippen molar-refractivity contribution in [3.63, 3.8) is 0 Å². The van der Waals surface area contributed by atoms with Gasteiger partial charge >= 0.3 is 0 Å². The first kappa shape index (κ1) is 22.5. The van der Waals surface area contributed by atoms with Gasteiger partial charge in [-0.3, -0.25) is 14.4 Å². The first-order chi connectivity index (χ1) is 17.0. The Bertz CT molecular complexity index is 1260. The Kier molecular flexibility index (Phi) is 6.10. The van der Waals surface area contributed by atoms with Gasteiger partial charge in [0.05, 0.1) is 25.6 Å². The number of anilines is 1. The van der Waals surface area contributed by atoms with Crippen molar-refractivity contribution in [3.05, 3.63) is 83.9 Å². The Hall–Kier alpha value is -4.33. The zero-order valence-corrected chi connectivity index (χ0v) is 19.2. The van der Waals surface area contributed by atoms with Crippen LogP contribution in [0.25, 0.3) is 0 Å². The van der Waals surface area contributed by atoms with Crippen molar-refractivity contribution in [3.8, 4) is 17.2 Å². The van der Waals surface area contributed by atoms with Crippen molar-refractivity contribution >= 4 is 23.4 Å². The molecule has 5 rings (SSSR count). The van der Waals surface area contributed by atoms with Gasteiger partial charge in [-0.15, -0.1) is 0 Å². The summed E-state index contributed by atoms with van der Waals surface area (Å²) in [5.74, 6) is 0.819. The fourth-order valence-corrected chi connectivity index (χ4v) is 4.34. The first-order valence-electron chi connectivity index (χ1n) is 11.3. The fraction of sp³-hybridized carbons (Fsp3) is 0.222. The average Bonchev–Trinajstić information content (AvgIpc) is 3.46. The molecule has 0 spiro atoms. The predicted octanol–water partition coefficient (Wildman–Crippen LogP) is 3.33. The normalized spacial score (nSPS) is 16.5. The molecule has 0 N–H and O–H groups in total. The molecule has 2 aliphatic rings. The highest BCUT2D eigenvalue weighted by Gasteiger charge is 2.44. The van der Waals surface area contributed by atoms with Crippen molar-refractivity contribution in [2.24, 2.45) is 0 Å². The van der Waals surface area contributed by atoms with Crippen molar-refractivity contribution in [2.45, 2.75) is 25.4 Å². The number of carbonyl (C=O) groups excluding carboxylic acids is 3. The number of fused-ring (bicyclic) bond motifs is 1. The maximum atomic E-state index is 13.5. The highest BCUT2D eigenvalue weighted by Crippen LogP contribution is 2.34. The van der Waals surface area contributed by atoms with Crippen molar-refractivity contribution in [1.29, 1.82) is 0 Å². The number of ether oxygens (including phenoxy) is 3. The van der Waals surface area contributed by atoms with Crippen LogP contribution in [-0.2, 0) is 27.3 Å². The molecule has 0 aliphatic carbocycles. The second-order valence-corrected chi connectivity index (χ2v) is 8.36. The number of amides is 3. The van der Waals surface area contributed by atoms with Gasteiger partial charge < -0.3 is 19.1 Å². The first-order valence-corrected chi connectivity index (χ1v) is 11.3. The van der Waals surface area contributed by atoms with E-state index in [-0.39, 0.29) is 38.0 Å². The number of nitrogens with zero attached hydrogens (tertiary/aromatic N) is 2. The quantitative estimate of drug-likeness (QED) is 0.491. The van der Waals surface area contributed by atoms with E-state index in [0.29, 0.717) is 22.9 Å². The Morgan fingerprint density at radius 3 is 2.46 bits per heavy atom. The lowest BCUT2D eigenvalue weighted by Crippen LogP contribution is -2.45. The largest absolute Gasteiger partial charge is 0.497 e. The lowest BCUT2D eigenvalue weighted by molar-refractivity contribution is -0.138. The van der Waals surface area contributed by atoms with Crippen LogP contribution in [0.2, 0.25) is 0 Å². The fourth-order valence-electron chi connectivity index (χ4n) is 4.34. The zero-order valence-electron chi connectivity index (χ0n) is 19.2.